The molecule has 106 valence electrons. The fraction of sp³-hybridized carbons (Fsp3) is 0.562. The number of rotatable bonds is 6. The molecular weight excluding hydrogens is 236 g/mol. The first-order valence-corrected chi connectivity index (χ1v) is 7.07. The standard InChI is InChI=1S/C16H26N2O/c1-6-12(3)13-8-10-14(11-9-13)18-15(19)16(4,5)17-7-2/h8-12,17H,6-7H2,1-5H3,(H,18,19). The van der Waals surface area contributed by atoms with E-state index in [1.165, 1.54) is 5.56 Å². The van der Waals surface area contributed by atoms with Gasteiger partial charge >= 0.3 is 0 Å². The van der Waals surface area contributed by atoms with Crippen molar-refractivity contribution in [2.24, 2.45) is 0 Å². The monoisotopic (exact) mass is 262 g/mol. The highest BCUT2D eigenvalue weighted by molar-refractivity contribution is 5.97. The van der Waals surface area contributed by atoms with Crippen molar-refractivity contribution in [1.82, 2.24) is 5.32 Å². The van der Waals surface area contributed by atoms with Crippen LogP contribution in [0.2, 0.25) is 0 Å². The lowest BCUT2D eigenvalue weighted by Gasteiger charge is -2.24. The highest BCUT2D eigenvalue weighted by Gasteiger charge is 2.25. The second-order valence-corrected chi connectivity index (χ2v) is 5.54. The summed E-state index contributed by atoms with van der Waals surface area (Å²) in [4.78, 5) is 12.1. The number of hydrogen-bond acceptors (Lipinski definition) is 2. The Bertz CT molecular complexity index is 409. The average Bonchev–Trinajstić information content (AvgIpc) is 2.38. The number of hydrogen-bond donors (Lipinski definition) is 2. The summed E-state index contributed by atoms with van der Waals surface area (Å²) in [7, 11) is 0. The first kappa shape index (κ1) is 15.7. The normalized spacial score (nSPS) is 13.1. The van der Waals surface area contributed by atoms with Gasteiger partial charge in [0.05, 0.1) is 5.54 Å². The highest BCUT2D eigenvalue weighted by Crippen LogP contribution is 2.21. The SMILES string of the molecule is CCNC(C)(C)C(=O)Nc1ccc(C(C)CC)cc1. The number of carbonyl (C=O) groups excluding carboxylic acids is 1. The average molecular weight is 262 g/mol. The Morgan fingerprint density at radius 1 is 1.21 bits per heavy atom. The van der Waals surface area contributed by atoms with Gasteiger partial charge in [-0.05, 0) is 50.4 Å². The largest absolute Gasteiger partial charge is 0.325 e. The Morgan fingerprint density at radius 3 is 2.26 bits per heavy atom. The van der Waals surface area contributed by atoms with Crippen molar-refractivity contribution in [3.05, 3.63) is 29.8 Å². The van der Waals surface area contributed by atoms with Gasteiger partial charge in [-0.1, -0.05) is 32.9 Å². The molecule has 0 aliphatic heterocycles. The van der Waals surface area contributed by atoms with Gasteiger partial charge in [-0.15, -0.1) is 0 Å². The lowest BCUT2D eigenvalue weighted by molar-refractivity contribution is -0.121. The topological polar surface area (TPSA) is 41.1 Å². The minimum Gasteiger partial charge on any atom is -0.325 e. The van der Waals surface area contributed by atoms with Gasteiger partial charge in [-0.2, -0.15) is 0 Å². The van der Waals surface area contributed by atoms with E-state index in [4.69, 9.17) is 0 Å². The van der Waals surface area contributed by atoms with E-state index in [2.05, 4.69) is 36.6 Å². The van der Waals surface area contributed by atoms with Gasteiger partial charge in [0.25, 0.3) is 0 Å². The highest BCUT2D eigenvalue weighted by atomic mass is 16.2. The third kappa shape index (κ3) is 4.35. The third-order valence-corrected chi connectivity index (χ3v) is 3.54. The molecular formula is C16H26N2O. The van der Waals surface area contributed by atoms with Gasteiger partial charge < -0.3 is 10.6 Å². The fourth-order valence-electron chi connectivity index (χ4n) is 1.94. The van der Waals surface area contributed by atoms with Crippen LogP contribution in [0.25, 0.3) is 0 Å². The molecule has 1 rings (SSSR count). The summed E-state index contributed by atoms with van der Waals surface area (Å²) in [5, 5.41) is 6.12. The molecule has 0 aliphatic carbocycles. The quantitative estimate of drug-likeness (QED) is 0.823. The van der Waals surface area contributed by atoms with Crippen LogP contribution in [0.1, 0.15) is 52.5 Å². The predicted molar refractivity (Wildman–Crippen MR) is 81.5 cm³/mol. The molecule has 1 aromatic carbocycles. The Kier molecular flexibility index (Phi) is 5.55. The summed E-state index contributed by atoms with van der Waals surface area (Å²) < 4.78 is 0. The van der Waals surface area contributed by atoms with Crippen LogP contribution < -0.4 is 10.6 Å². The number of likely N-dealkylation sites (N-methyl/N-ethyl adjacent to an activating group) is 1. The Balaban J connectivity index is 2.70. The maximum atomic E-state index is 12.1. The van der Waals surface area contributed by atoms with Crippen LogP contribution in [0, 0.1) is 0 Å². The van der Waals surface area contributed by atoms with Crippen molar-refractivity contribution in [3.8, 4) is 0 Å². The minimum atomic E-state index is -0.551. The molecule has 0 saturated carbocycles. The minimum absolute atomic E-state index is 0.00867. The second-order valence-electron chi connectivity index (χ2n) is 5.54. The summed E-state index contributed by atoms with van der Waals surface area (Å²) in [6.45, 7) is 10.9. The molecule has 1 aromatic rings. The molecule has 0 heterocycles. The molecule has 0 radical (unpaired) electrons. The van der Waals surface area contributed by atoms with Crippen LogP contribution in [0.15, 0.2) is 24.3 Å². The van der Waals surface area contributed by atoms with E-state index in [1.54, 1.807) is 0 Å². The van der Waals surface area contributed by atoms with Crippen molar-refractivity contribution in [3.63, 3.8) is 0 Å². The van der Waals surface area contributed by atoms with Gasteiger partial charge in [0, 0.05) is 5.69 Å². The molecule has 1 unspecified atom stereocenters. The van der Waals surface area contributed by atoms with Crippen molar-refractivity contribution in [1.29, 1.82) is 0 Å². The van der Waals surface area contributed by atoms with E-state index in [0.717, 1.165) is 18.7 Å². The van der Waals surface area contributed by atoms with Crippen LogP contribution in [-0.4, -0.2) is 18.0 Å². The molecule has 0 bridgehead atoms. The van der Waals surface area contributed by atoms with E-state index in [9.17, 15) is 4.79 Å². The molecule has 2 N–H and O–H groups in total. The van der Waals surface area contributed by atoms with E-state index in [1.807, 2.05) is 32.9 Å². The molecule has 0 saturated heterocycles. The summed E-state index contributed by atoms with van der Waals surface area (Å²) >= 11 is 0. The Morgan fingerprint density at radius 2 is 1.79 bits per heavy atom. The van der Waals surface area contributed by atoms with E-state index in [0.29, 0.717) is 5.92 Å². The maximum absolute atomic E-state index is 12.1. The first-order chi connectivity index (χ1) is 8.90. The van der Waals surface area contributed by atoms with Crippen molar-refractivity contribution >= 4 is 11.6 Å². The zero-order chi connectivity index (χ0) is 14.5. The second kappa shape index (κ2) is 6.71. The summed E-state index contributed by atoms with van der Waals surface area (Å²) in [6.07, 6.45) is 1.12. The molecule has 19 heavy (non-hydrogen) atoms. The number of nitrogens with one attached hydrogen (secondary N) is 2. The number of carbonyl (C=O) groups is 1. The van der Waals surface area contributed by atoms with Gasteiger partial charge in [-0.25, -0.2) is 0 Å². The van der Waals surface area contributed by atoms with Crippen LogP contribution in [0.3, 0.4) is 0 Å². The third-order valence-electron chi connectivity index (χ3n) is 3.54. The van der Waals surface area contributed by atoms with Crippen LogP contribution in [0.4, 0.5) is 5.69 Å². The number of anilines is 1. The Hall–Kier alpha value is -1.35. The number of amides is 1. The van der Waals surface area contributed by atoms with Crippen LogP contribution >= 0.6 is 0 Å². The molecule has 3 nitrogen and oxygen atoms in total. The lowest BCUT2D eigenvalue weighted by atomic mass is 9.98. The van der Waals surface area contributed by atoms with Crippen molar-refractivity contribution in [2.75, 3.05) is 11.9 Å². The summed E-state index contributed by atoms with van der Waals surface area (Å²) in [5.41, 5.74) is 1.61. The summed E-state index contributed by atoms with van der Waals surface area (Å²) in [6, 6.07) is 8.12. The van der Waals surface area contributed by atoms with Crippen LogP contribution in [0.5, 0.6) is 0 Å². The Labute approximate surface area is 116 Å². The van der Waals surface area contributed by atoms with Crippen molar-refractivity contribution in [2.45, 2.75) is 52.5 Å². The lowest BCUT2D eigenvalue weighted by Crippen LogP contribution is -2.49. The molecule has 3 heteroatoms. The molecule has 0 aliphatic rings. The zero-order valence-electron chi connectivity index (χ0n) is 12.7. The first-order valence-electron chi connectivity index (χ1n) is 7.07. The van der Waals surface area contributed by atoms with Gasteiger partial charge in [-0.3, -0.25) is 4.79 Å². The fourth-order valence-corrected chi connectivity index (χ4v) is 1.94. The van der Waals surface area contributed by atoms with E-state index >= 15 is 0 Å². The van der Waals surface area contributed by atoms with Crippen LogP contribution in [-0.2, 0) is 4.79 Å². The predicted octanol–water partition coefficient (Wildman–Crippen LogP) is 3.53. The van der Waals surface area contributed by atoms with Gasteiger partial charge in [0.1, 0.15) is 0 Å². The molecule has 1 amide bonds. The smallest absolute Gasteiger partial charge is 0.244 e. The van der Waals surface area contributed by atoms with E-state index in [-0.39, 0.29) is 5.91 Å². The number of benzene rings is 1. The maximum Gasteiger partial charge on any atom is 0.244 e. The molecule has 0 aromatic heterocycles. The molecule has 0 fully saturated rings. The summed E-state index contributed by atoms with van der Waals surface area (Å²) in [5.74, 6) is 0.550. The van der Waals surface area contributed by atoms with E-state index < -0.39 is 5.54 Å². The van der Waals surface area contributed by atoms with Crippen molar-refractivity contribution < 1.29 is 4.79 Å². The van der Waals surface area contributed by atoms with Gasteiger partial charge in [0.15, 0.2) is 0 Å². The molecule has 0 spiro atoms. The van der Waals surface area contributed by atoms with Gasteiger partial charge in [0.2, 0.25) is 5.91 Å². The zero-order valence-corrected chi connectivity index (χ0v) is 12.7. The molecule has 1 atom stereocenters.